The Bertz CT molecular complexity index is 463. The van der Waals surface area contributed by atoms with E-state index in [0.29, 0.717) is 5.92 Å². The zero-order chi connectivity index (χ0) is 10.8. The van der Waals surface area contributed by atoms with Gasteiger partial charge in [0.2, 0.25) is 0 Å². The fraction of sp³-hybridized carbons (Fsp3) is 0.214. The second-order valence-electron chi connectivity index (χ2n) is 4.19. The van der Waals surface area contributed by atoms with Gasteiger partial charge in [0.15, 0.2) is 0 Å². The lowest BCUT2D eigenvalue weighted by molar-refractivity contribution is 0.440. The molecule has 1 N–H and O–H groups in total. The molecular weight excluding hydrogens is 232 g/mol. The summed E-state index contributed by atoms with van der Waals surface area (Å²) in [5, 5.41) is 3.27. The van der Waals surface area contributed by atoms with Crippen LogP contribution in [0, 0.1) is 0 Å². The lowest BCUT2D eigenvalue weighted by Crippen LogP contribution is -2.40. The average molecular weight is 247 g/mol. The molecule has 0 spiro atoms. The topological polar surface area (TPSA) is 24.9 Å². The van der Waals surface area contributed by atoms with Crippen molar-refractivity contribution in [3.05, 3.63) is 54.4 Å². The van der Waals surface area contributed by atoms with Crippen LogP contribution >= 0.6 is 12.4 Å². The Morgan fingerprint density at radius 1 is 0.941 bits per heavy atom. The van der Waals surface area contributed by atoms with Gasteiger partial charge in [0.05, 0.1) is 0 Å². The molecule has 0 saturated carbocycles. The van der Waals surface area contributed by atoms with Crippen LogP contribution in [0.15, 0.2) is 48.7 Å². The third kappa shape index (κ3) is 2.48. The fourth-order valence-electron chi connectivity index (χ4n) is 1.95. The van der Waals surface area contributed by atoms with Gasteiger partial charge in [0.25, 0.3) is 0 Å². The monoisotopic (exact) mass is 246 g/mol. The van der Waals surface area contributed by atoms with Gasteiger partial charge in [-0.1, -0.05) is 36.4 Å². The van der Waals surface area contributed by atoms with Crippen LogP contribution in [0.3, 0.4) is 0 Å². The molecule has 1 aromatic heterocycles. The van der Waals surface area contributed by atoms with E-state index >= 15 is 0 Å². The van der Waals surface area contributed by atoms with Crippen LogP contribution in [0.1, 0.15) is 11.6 Å². The van der Waals surface area contributed by atoms with E-state index in [1.165, 1.54) is 16.8 Å². The SMILES string of the molecule is Cl.c1ccc(-c2ccc(C3CNC3)nc2)cc1. The summed E-state index contributed by atoms with van der Waals surface area (Å²) in [6.45, 7) is 2.13. The second kappa shape index (κ2) is 5.30. The van der Waals surface area contributed by atoms with Crippen LogP contribution in [0.25, 0.3) is 11.1 Å². The number of hydrogen-bond donors (Lipinski definition) is 1. The molecule has 1 aliphatic heterocycles. The van der Waals surface area contributed by atoms with Gasteiger partial charge in [0.1, 0.15) is 0 Å². The van der Waals surface area contributed by atoms with Gasteiger partial charge >= 0.3 is 0 Å². The predicted molar refractivity (Wildman–Crippen MR) is 72.5 cm³/mol. The molecule has 0 amide bonds. The van der Waals surface area contributed by atoms with Crippen molar-refractivity contribution in [3.8, 4) is 11.1 Å². The number of nitrogens with one attached hydrogen (secondary N) is 1. The molecule has 2 nitrogen and oxygen atoms in total. The van der Waals surface area contributed by atoms with Gasteiger partial charge in [-0.05, 0) is 11.6 Å². The van der Waals surface area contributed by atoms with Gasteiger partial charge in [-0.2, -0.15) is 0 Å². The lowest BCUT2D eigenvalue weighted by atomic mass is 9.97. The molecule has 0 bridgehead atoms. The summed E-state index contributed by atoms with van der Waals surface area (Å²) >= 11 is 0. The van der Waals surface area contributed by atoms with Gasteiger partial charge in [-0.3, -0.25) is 4.98 Å². The Kier molecular flexibility index (Phi) is 3.77. The average Bonchev–Trinajstić information content (AvgIpc) is 2.29. The van der Waals surface area contributed by atoms with E-state index < -0.39 is 0 Å². The van der Waals surface area contributed by atoms with Crippen LogP contribution < -0.4 is 5.32 Å². The van der Waals surface area contributed by atoms with Crippen molar-refractivity contribution in [2.45, 2.75) is 5.92 Å². The summed E-state index contributed by atoms with van der Waals surface area (Å²) in [7, 11) is 0. The van der Waals surface area contributed by atoms with Crippen LogP contribution in [-0.4, -0.2) is 18.1 Å². The Labute approximate surface area is 108 Å². The molecule has 0 aliphatic carbocycles. The summed E-state index contributed by atoms with van der Waals surface area (Å²) in [6.07, 6.45) is 1.98. The van der Waals surface area contributed by atoms with Crippen molar-refractivity contribution in [1.82, 2.24) is 10.3 Å². The maximum absolute atomic E-state index is 4.54. The van der Waals surface area contributed by atoms with Gasteiger partial charge in [0, 0.05) is 36.5 Å². The number of hydrogen-bond acceptors (Lipinski definition) is 2. The smallest absolute Gasteiger partial charge is 0.0460 e. The molecule has 88 valence electrons. The third-order valence-electron chi connectivity index (χ3n) is 3.09. The van der Waals surface area contributed by atoms with Crippen molar-refractivity contribution in [1.29, 1.82) is 0 Å². The summed E-state index contributed by atoms with van der Waals surface area (Å²) in [5.41, 5.74) is 3.63. The molecule has 1 aromatic carbocycles. The standard InChI is InChI=1S/C14H14N2.ClH/c1-2-4-11(5-3-1)12-6-7-14(16-10-12)13-8-15-9-13;/h1-7,10,13,15H,8-9H2;1H. The molecule has 3 rings (SSSR count). The molecule has 2 heterocycles. The van der Waals surface area contributed by atoms with E-state index in [-0.39, 0.29) is 12.4 Å². The van der Waals surface area contributed by atoms with Gasteiger partial charge in [-0.15, -0.1) is 12.4 Å². The largest absolute Gasteiger partial charge is 0.315 e. The maximum Gasteiger partial charge on any atom is 0.0460 e. The summed E-state index contributed by atoms with van der Waals surface area (Å²) in [6, 6.07) is 14.7. The highest BCUT2D eigenvalue weighted by atomic mass is 35.5. The van der Waals surface area contributed by atoms with Gasteiger partial charge < -0.3 is 5.32 Å². The molecule has 0 atom stereocenters. The minimum absolute atomic E-state index is 0. The maximum atomic E-state index is 4.54. The summed E-state index contributed by atoms with van der Waals surface area (Å²) in [4.78, 5) is 4.54. The highest BCUT2D eigenvalue weighted by Crippen LogP contribution is 2.22. The molecule has 1 fully saturated rings. The van der Waals surface area contributed by atoms with E-state index in [9.17, 15) is 0 Å². The molecule has 0 radical (unpaired) electrons. The Morgan fingerprint density at radius 2 is 1.71 bits per heavy atom. The lowest BCUT2D eigenvalue weighted by Gasteiger charge is -2.26. The minimum atomic E-state index is 0. The fourth-order valence-corrected chi connectivity index (χ4v) is 1.95. The molecular formula is C14H15ClN2. The van der Waals surface area contributed by atoms with E-state index in [0.717, 1.165) is 13.1 Å². The summed E-state index contributed by atoms with van der Waals surface area (Å²) < 4.78 is 0. The van der Waals surface area contributed by atoms with Crippen molar-refractivity contribution in [2.24, 2.45) is 0 Å². The Balaban J connectivity index is 0.00000108. The van der Waals surface area contributed by atoms with E-state index in [2.05, 4.69) is 46.7 Å². The molecule has 1 saturated heterocycles. The number of benzene rings is 1. The van der Waals surface area contributed by atoms with Crippen molar-refractivity contribution in [2.75, 3.05) is 13.1 Å². The zero-order valence-corrected chi connectivity index (χ0v) is 10.3. The second-order valence-corrected chi connectivity index (χ2v) is 4.19. The third-order valence-corrected chi connectivity index (χ3v) is 3.09. The minimum Gasteiger partial charge on any atom is -0.315 e. The highest BCUT2D eigenvalue weighted by molar-refractivity contribution is 5.85. The number of aromatic nitrogens is 1. The van der Waals surface area contributed by atoms with E-state index in [1.54, 1.807) is 0 Å². The first-order valence-corrected chi connectivity index (χ1v) is 5.65. The van der Waals surface area contributed by atoms with Crippen LogP contribution in [-0.2, 0) is 0 Å². The zero-order valence-electron chi connectivity index (χ0n) is 9.47. The Morgan fingerprint density at radius 3 is 2.24 bits per heavy atom. The first kappa shape index (κ1) is 12.1. The van der Waals surface area contributed by atoms with Crippen molar-refractivity contribution >= 4 is 12.4 Å². The molecule has 2 aromatic rings. The predicted octanol–water partition coefficient (Wildman–Crippen LogP) is 2.86. The number of halogens is 1. The normalized spacial score (nSPS) is 14.8. The van der Waals surface area contributed by atoms with Crippen molar-refractivity contribution in [3.63, 3.8) is 0 Å². The number of rotatable bonds is 2. The number of pyridine rings is 1. The van der Waals surface area contributed by atoms with Crippen LogP contribution in [0.2, 0.25) is 0 Å². The molecule has 1 aliphatic rings. The van der Waals surface area contributed by atoms with E-state index in [4.69, 9.17) is 0 Å². The summed E-state index contributed by atoms with van der Waals surface area (Å²) in [5.74, 6) is 0.616. The quantitative estimate of drug-likeness (QED) is 0.882. The first-order chi connectivity index (χ1) is 7.93. The number of nitrogens with zero attached hydrogens (tertiary/aromatic N) is 1. The van der Waals surface area contributed by atoms with Crippen LogP contribution in [0.4, 0.5) is 0 Å². The van der Waals surface area contributed by atoms with E-state index in [1.807, 2.05) is 12.3 Å². The molecule has 17 heavy (non-hydrogen) atoms. The highest BCUT2D eigenvalue weighted by Gasteiger charge is 2.19. The molecule has 3 heteroatoms. The van der Waals surface area contributed by atoms with Crippen molar-refractivity contribution < 1.29 is 0 Å². The van der Waals surface area contributed by atoms with Gasteiger partial charge in [-0.25, -0.2) is 0 Å². The Hall–Kier alpha value is -1.38. The van der Waals surface area contributed by atoms with Crippen LogP contribution in [0.5, 0.6) is 0 Å². The molecule has 0 unspecified atom stereocenters. The first-order valence-electron chi connectivity index (χ1n) is 5.65.